The fourth-order valence-corrected chi connectivity index (χ4v) is 3.30. The average molecular weight is 298 g/mol. The summed E-state index contributed by atoms with van der Waals surface area (Å²) in [7, 11) is 0. The molecular formula is C20H26O2. The van der Waals surface area contributed by atoms with Gasteiger partial charge in [0.1, 0.15) is 11.5 Å². The molecule has 0 aliphatic rings. The zero-order chi connectivity index (χ0) is 16.6. The maximum absolute atomic E-state index is 10.3. The van der Waals surface area contributed by atoms with Crippen LogP contribution in [0.3, 0.4) is 0 Å². The van der Waals surface area contributed by atoms with E-state index in [4.69, 9.17) is 0 Å². The second-order valence-corrected chi connectivity index (χ2v) is 6.05. The number of phenolic OH excluding ortho intramolecular Hbond substituents is 2. The summed E-state index contributed by atoms with van der Waals surface area (Å²) in [5, 5.41) is 20.5. The van der Waals surface area contributed by atoms with Gasteiger partial charge in [0, 0.05) is 0 Å². The van der Waals surface area contributed by atoms with Crippen molar-refractivity contribution >= 4 is 0 Å². The van der Waals surface area contributed by atoms with E-state index >= 15 is 0 Å². The van der Waals surface area contributed by atoms with Crippen molar-refractivity contribution in [3.8, 4) is 22.6 Å². The minimum absolute atomic E-state index is 0.324. The molecule has 0 saturated carbocycles. The van der Waals surface area contributed by atoms with E-state index in [1.165, 1.54) is 11.1 Å². The molecular weight excluding hydrogens is 272 g/mol. The number of aromatic hydroxyl groups is 2. The Labute approximate surface area is 133 Å². The van der Waals surface area contributed by atoms with Crippen LogP contribution in [-0.2, 0) is 12.8 Å². The van der Waals surface area contributed by atoms with Crippen molar-refractivity contribution in [3.05, 3.63) is 45.5 Å². The molecule has 118 valence electrons. The molecule has 0 aliphatic heterocycles. The van der Waals surface area contributed by atoms with Gasteiger partial charge >= 0.3 is 0 Å². The molecule has 0 amide bonds. The van der Waals surface area contributed by atoms with Crippen LogP contribution >= 0.6 is 0 Å². The molecule has 2 aromatic carbocycles. The van der Waals surface area contributed by atoms with Crippen molar-refractivity contribution in [2.24, 2.45) is 0 Å². The molecule has 22 heavy (non-hydrogen) atoms. The molecule has 2 rings (SSSR count). The minimum Gasteiger partial charge on any atom is -0.508 e. The van der Waals surface area contributed by atoms with Gasteiger partial charge in [-0.2, -0.15) is 0 Å². The first-order valence-corrected chi connectivity index (χ1v) is 7.97. The van der Waals surface area contributed by atoms with E-state index in [9.17, 15) is 10.2 Å². The third-order valence-electron chi connectivity index (χ3n) is 5.01. The lowest BCUT2D eigenvalue weighted by Crippen LogP contribution is -2.01. The molecule has 0 aromatic heterocycles. The molecule has 0 spiro atoms. The molecule has 0 radical (unpaired) electrons. The summed E-state index contributed by atoms with van der Waals surface area (Å²) in [6, 6.07) is 3.70. The molecule has 2 nitrogen and oxygen atoms in total. The first-order valence-electron chi connectivity index (χ1n) is 7.97. The summed E-state index contributed by atoms with van der Waals surface area (Å²) >= 11 is 0. The van der Waals surface area contributed by atoms with Crippen molar-refractivity contribution in [1.29, 1.82) is 0 Å². The van der Waals surface area contributed by atoms with Crippen LogP contribution in [0.4, 0.5) is 0 Å². The Kier molecular flexibility index (Phi) is 4.50. The van der Waals surface area contributed by atoms with E-state index in [0.717, 1.165) is 46.2 Å². The zero-order valence-electron chi connectivity index (χ0n) is 14.5. The Bertz CT molecular complexity index is 664. The van der Waals surface area contributed by atoms with Crippen LogP contribution in [0.1, 0.15) is 47.2 Å². The van der Waals surface area contributed by atoms with Gasteiger partial charge in [0.15, 0.2) is 0 Å². The van der Waals surface area contributed by atoms with Gasteiger partial charge in [-0.1, -0.05) is 13.8 Å². The Morgan fingerprint density at radius 3 is 1.23 bits per heavy atom. The number of hydrogen-bond acceptors (Lipinski definition) is 2. The second-order valence-electron chi connectivity index (χ2n) is 6.05. The topological polar surface area (TPSA) is 40.5 Å². The van der Waals surface area contributed by atoms with Gasteiger partial charge in [-0.15, -0.1) is 0 Å². The molecule has 0 heterocycles. The van der Waals surface area contributed by atoms with Gasteiger partial charge in [-0.25, -0.2) is 0 Å². The summed E-state index contributed by atoms with van der Waals surface area (Å²) in [5.41, 5.74) is 8.71. The van der Waals surface area contributed by atoms with Crippen LogP contribution in [0, 0.1) is 27.7 Å². The third kappa shape index (κ3) is 2.47. The first-order chi connectivity index (χ1) is 10.3. The average Bonchev–Trinajstić information content (AvgIpc) is 2.49. The molecule has 2 aromatic rings. The molecule has 0 bridgehead atoms. The van der Waals surface area contributed by atoms with Crippen LogP contribution in [0.15, 0.2) is 12.1 Å². The highest BCUT2D eigenvalue weighted by Crippen LogP contribution is 2.39. The van der Waals surface area contributed by atoms with Gasteiger partial charge < -0.3 is 10.2 Å². The third-order valence-corrected chi connectivity index (χ3v) is 5.01. The highest BCUT2D eigenvalue weighted by atomic mass is 16.3. The van der Waals surface area contributed by atoms with Crippen molar-refractivity contribution in [3.63, 3.8) is 0 Å². The molecule has 2 N–H and O–H groups in total. The summed E-state index contributed by atoms with van der Waals surface area (Å²) < 4.78 is 0. The maximum atomic E-state index is 10.3. The van der Waals surface area contributed by atoms with E-state index < -0.39 is 0 Å². The van der Waals surface area contributed by atoms with Gasteiger partial charge in [0.05, 0.1) is 0 Å². The molecule has 0 unspecified atom stereocenters. The molecule has 0 atom stereocenters. The molecule has 2 heteroatoms. The lowest BCUT2D eigenvalue weighted by atomic mass is 9.85. The summed E-state index contributed by atoms with van der Waals surface area (Å²) in [6.07, 6.45) is 1.80. The Morgan fingerprint density at radius 2 is 0.955 bits per heavy atom. The fraction of sp³-hybridized carbons (Fsp3) is 0.400. The lowest BCUT2D eigenvalue weighted by Gasteiger charge is -2.20. The predicted octanol–water partition coefficient (Wildman–Crippen LogP) is 5.12. The number of phenols is 2. The monoisotopic (exact) mass is 298 g/mol. The van der Waals surface area contributed by atoms with Crippen molar-refractivity contribution in [2.45, 2.75) is 54.4 Å². The highest BCUT2D eigenvalue weighted by molar-refractivity contribution is 5.77. The fourth-order valence-electron chi connectivity index (χ4n) is 3.30. The van der Waals surface area contributed by atoms with Crippen molar-refractivity contribution < 1.29 is 10.2 Å². The van der Waals surface area contributed by atoms with E-state index in [-0.39, 0.29) is 0 Å². The van der Waals surface area contributed by atoms with Crippen molar-refractivity contribution in [2.75, 3.05) is 0 Å². The number of rotatable bonds is 3. The number of hydrogen-bond donors (Lipinski definition) is 2. The Balaban J connectivity index is 2.88. The predicted molar refractivity (Wildman–Crippen MR) is 92.9 cm³/mol. The normalized spacial score (nSPS) is 11.0. The molecule has 0 fully saturated rings. The zero-order valence-corrected chi connectivity index (χ0v) is 14.5. The van der Waals surface area contributed by atoms with Gasteiger partial charge in [0.2, 0.25) is 0 Å². The summed E-state index contributed by atoms with van der Waals surface area (Å²) in [5.74, 6) is 0.647. The first kappa shape index (κ1) is 16.4. The standard InChI is InChI=1S/C20H26O2/c1-7-15-11(3)13(5)19(21)9-17(15)18-10-20(22)14(6)12(4)16(18)8-2/h9-10,21-22H,7-8H2,1-6H3. The van der Waals surface area contributed by atoms with Gasteiger partial charge in [-0.3, -0.25) is 0 Å². The van der Waals surface area contributed by atoms with Crippen LogP contribution in [-0.4, -0.2) is 10.2 Å². The van der Waals surface area contributed by atoms with Gasteiger partial charge in [0.25, 0.3) is 0 Å². The van der Waals surface area contributed by atoms with E-state index in [0.29, 0.717) is 11.5 Å². The maximum Gasteiger partial charge on any atom is 0.119 e. The summed E-state index contributed by atoms with van der Waals surface area (Å²) in [4.78, 5) is 0. The van der Waals surface area contributed by atoms with E-state index in [1.807, 2.05) is 26.0 Å². The number of benzene rings is 2. The largest absolute Gasteiger partial charge is 0.508 e. The van der Waals surface area contributed by atoms with Crippen LogP contribution in [0.2, 0.25) is 0 Å². The van der Waals surface area contributed by atoms with Crippen LogP contribution in [0.5, 0.6) is 11.5 Å². The molecule has 0 aliphatic carbocycles. The van der Waals surface area contributed by atoms with Crippen LogP contribution < -0.4 is 0 Å². The van der Waals surface area contributed by atoms with Gasteiger partial charge in [-0.05, 0) is 97.2 Å². The lowest BCUT2D eigenvalue weighted by molar-refractivity contribution is 0.469. The van der Waals surface area contributed by atoms with Crippen molar-refractivity contribution in [1.82, 2.24) is 0 Å². The SMILES string of the molecule is CCc1c(-c2cc(O)c(C)c(C)c2CC)cc(O)c(C)c1C. The van der Waals surface area contributed by atoms with E-state index in [1.54, 1.807) is 0 Å². The minimum atomic E-state index is 0.324. The van der Waals surface area contributed by atoms with Crippen LogP contribution in [0.25, 0.3) is 11.1 Å². The Morgan fingerprint density at radius 1 is 0.636 bits per heavy atom. The molecule has 0 saturated heterocycles. The highest BCUT2D eigenvalue weighted by Gasteiger charge is 2.18. The smallest absolute Gasteiger partial charge is 0.119 e. The Hall–Kier alpha value is -1.96. The summed E-state index contributed by atoms with van der Waals surface area (Å²) in [6.45, 7) is 12.3. The van der Waals surface area contributed by atoms with E-state index in [2.05, 4.69) is 27.7 Å². The second kappa shape index (κ2) is 6.04. The quantitative estimate of drug-likeness (QED) is 0.825.